The van der Waals surface area contributed by atoms with Crippen LogP contribution in [0.4, 0.5) is 0 Å². The predicted octanol–water partition coefficient (Wildman–Crippen LogP) is 0.268. The lowest BCUT2D eigenvalue weighted by Gasteiger charge is -2.31. The van der Waals surface area contributed by atoms with Crippen LogP contribution >= 0.6 is 0 Å². The quantitative estimate of drug-likeness (QED) is 0.325. The Balaban J connectivity index is 2.49. The molecular weight excluding hydrogens is 254 g/mol. The second-order valence-electron chi connectivity index (χ2n) is 5.08. The van der Waals surface area contributed by atoms with Gasteiger partial charge < -0.3 is 15.8 Å². The molecule has 0 spiro atoms. The number of nitrogens with zero attached hydrogens (tertiary/aromatic N) is 2. The third-order valence-electron chi connectivity index (χ3n) is 3.45. The highest BCUT2D eigenvalue weighted by Gasteiger charge is 2.25. The van der Waals surface area contributed by atoms with Crippen molar-refractivity contribution < 1.29 is 13.6 Å². The SMILES string of the molecule is CC(C)S(=O)(=O)CCN1CCCC(C(N)=NO)C1. The Labute approximate surface area is 109 Å². The van der Waals surface area contributed by atoms with E-state index in [-0.39, 0.29) is 22.8 Å². The van der Waals surface area contributed by atoms with Crippen molar-refractivity contribution in [1.82, 2.24) is 4.90 Å². The summed E-state index contributed by atoms with van der Waals surface area (Å²) in [7, 11) is -2.99. The molecule has 6 nitrogen and oxygen atoms in total. The van der Waals surface area contributed by atoms with Crippen LogP contribution in [0.1, 0.15) is 26.7 Å². The van der Waals surface area contributed by atoms with Crippen molar-refractivity contribution in [1.29, 1.82) is 0 Å². The van der Waals surface area contributed by atoms with Gasteiger partial charge in [-0.2, -0.15) is 0 Å². The lowest BCUT2D eigenvalue weighted by atomic mass is 9.97. The highest BCUT2D eigenvalue weighted by Crippen LogP contribution is 2.16. The van der Waals surface area contributed by atoms with Crippen molar-refractivity contribution in [3.8, 4) is 0 Å². The van der Waals surface area contributed by atoms with Crippen LogP contribution in [-0.2, 0) is 9.84 Å². The minimum atomic E-state index is -2.99. The Morgan fingerprint density at radius 2 is 2.22 bits per heavy atom. The molecule has 7 heteroatoms. The summed E-state index contributed by atoms with van der Waals surface area (Å²) >= 11 is 0. The first-order valence-electron chi connectivity index (χ1n) is 6.28. The first-order valence-corrected chi connectivity index (χ1v) is 7.99. The zero-order valence-corrected chi connectivity index (χ0v) is 11.9. The normalized spacial score (nSPS) is 23.5. The molecule has 0 aliphatic carbocycles. The molecule has 1 heterocycles. The number of hydrogen-bond acceptors (Lipinski definition) is 5. The fraction of sp³-hybridized carbons (Fsp3) is 0.909. The van der Waals surface area contributed by atoms with Crippen LogP contribution in [0.25, 0.3) is 0 Å². The molecule has 0 radical (unpaired) electrons. The predicted molar refractivity (Wildman–Crippen MR) is 71.5 cm³/mol. The number of piperidine rings is 1. The molecule has 106 valence electrons. The van der Waals surface area contributed by atoms with E-state index >= 15 is 0 Å². The van der Waals surface area contributed by atoms with E-state index in [1.807, 2.05) is 0 Å². The summed E-state index contributed by atoms with van der Waals surface area (Å²) < 4.78 is 23.5. The molecule has 1 rings (SSSR count). The van der Waals surface area contributed by atoms with Gasteiger partial charge in [-0.15, -0.1) is 0 Å². The molecule has 0 saturated carbocycles. The summed E-state index contributed by atoms with van der Waals surface area (Å²) in [6.45, 7) is 5.47. The molecule has 1 aliphatic rings. The van der Waals surface area contributed by atoms with E-state index in [0.717, 1.165) is 19.4 Å². The third kappa shape index (κ3) is 4.13. The van der Waals surface area contributed by atoms with Crippen molar-refractivity contribution in [2.24, 2.45) is 16.8 Å². The standard InChI is InChI=1S/C11H23N3O3S/c1-9(2)18(16,17)7-6-14-5-3-4-10(8-14)11(12)13-15/h9-10,15H,3-8H2,1-2H3,(H2,12,13). The molecule has 1 atom stereocenters. The van der Waals surface area contributed by atoms with Crippen molar-refractivity contribution in [2.75, 3.05) is 25.4 Å². The van der Waals surface area contributed by atoms with Crippen LogP contribution in [-0.4, -0.2) is 55.0 Å². The largest absolute Gasteiger partial charge is 0.409 e. The van der Waals surface area contributed by atoms with Gasteiger partial charge >= 0.3 is 0 Å². The average molecular weight is 277 g/mol. The Kier molecular flexibility index (Phi) is 5.40. The number of likely N-dealkylation sites (tertiary alicyclic amines) is 1. The number of oxime groups is 1. The zero-order valence-electron chi connectivity index (χ0n) is 11.0. The van der Waals surface area contributed by atoms with Gasteiger partial charge in [0, 0.05) is 19.0 Å². The molecule has 0 bridgehead atoms. The van der Waals surface area contributed by atoms with Crippen LogP contribution in [0.2, 0.25) is 0 Å². The Bertz CT molecular complexity index is 392. The second-order valence-corrected chi connectivity index (χ2v) is 7.76. The number of sulfone groups is 1. The number of hydrogen-bond donors (Lipinski definition) is 2. The van der Waals surface area contributed by atoms with E-state index in [1.54, 1.807) is 13.8 Å². The average Bonchev–Trinajstić information content (AvgIpc) is 2.35. The Morgan fingerprint density at radius 1 is 1.56 bits per heavy atom. The van der Waals surface area contributed by atoms with Crippen molar-refractivity contribution in [3.63, 3.8) is 0 Å². The summed E-state index contributed by atoms with van der Waals surface area (Å²) in [5, 5.41) is 11.4. The van der Waals surface area contributed by atoms with Gasteiger partial charge in [0.2, 0.25) is 0 Å². The molecule has 0 amide bonds. The Morgan fingerprint density at radius 3 is 2.78 bits per heavy atom. The van der Waals surface area contributed by atoms with Crippen LogP contribution in [0.5, 0.6) is 0 Å². The summed E-state index contributed by atoms with van der Waals surface area (Å²) in [5.74, 6) is 0.449. The van der Waals surface area contributed by atoms with Gasteiger partial charge in [-0.3, -0.25) is 0 Å². The number of amidine groups is 1. The topological polar surface area (TPSA) is 96.0 Å². The van der Waals surface area contributed by atoms with Gasteiger partial charge in [0.05, 0.1) is 11.0 Å². The van der Waals surface area contributed by atoms with E-state index < -0.39 is 9.84 Å². The monoisotopic (exact) mass is 277 g/mol. The minimum Gasteiger partial charge on any atom is -0.409 e. The lowest BCUT2D eigenvalue weighted by molar-refractivity contribution is 0.210. The third-order valence-corrected chi connectivity index (χ3v) is 5.64. The Hall–Kier alpha value is -0.820. The lowest BCUT2D eigenvalue weighted by Crippen LogP contribution is -2.43. The van der Waals surface area contributed by atoms with Crippen LogP contribution < -0.4 is 5.73 Å². The summed E-state index contributed by atoms with van der Waals surface area (Å²) in [4.78, 5) is 2.08. The van der Waals surface area contributed by atoms with Crippen molar-refractivity contribution in [3.05, 3.63) is 0 Å². The summed E-state index contributed by atoms with van der Waals surface area (Å²) in [6, 6.07) is 0. The molecule has 0 aromatic heterocycles. The van der Waals surface area contributed by atoms with Gasteiger partial charge in [-0.1, -0.05) is 5.16 Å². The first-order chi connectivity index (χ1) is 8.36. The number of nitrogens with two attached hydrogens (primary N) is 1. The van der Waals surface area contributed by atoms with E-state index in [2.05, 4.69) is 10.1 Å². The molecule has 1 saturated heterocycles. The fourth-order valence-electron chi connectivity index (χ4n) is 2.07. The van der Waals surface area contributed by atoms with Gasteiger partial charge in [0.25, 0.3) is 0 Å². The van der Waals surface area contributed by atoms with E-state index in [9.17, 15) is 8.42 Å². The smallest absolute Gasteiger partial charge is 0.153 e. The van der Waals surface area contributed by atoms with Crippen molar-refractivity contribution >= 4 is 15.7 Å². The minimum absolute atomic E-state index is 0.0329. The maximum Gasteiger partial charge on any atom is 0.153 e. The zero-order chi connectivity index (χ0) is 13.8. The van der Waals surface area contributed by atoms with Gasteiger partial charge in [0.1, 0.15) is 5.84 Å². The van der Waals surface area contributed by atoms with Crippen LogP contribution in [0.15, 0.2) is 5.16 Å². The van der Waals surface area contributed by atoms with E-state index in [1.165, 1.54) is 0 Å². The molecule has 18 heavy (non-hydrogen) atoms. The molecular formula is C11H23N3O3S. The van der Waals surface area contributed by atoms with E-state index in [0.29, 0.717) is 13.1 Å². The maximum absolute atomic E-state index is 11.7. The molecule has 1 unspecified atom stereocenters. The molecule has 0 aromatic carbocycles. The molecule has 1 aliphatic heterocycles. The van der Waals surface area contributed by atoms with E-state index in [4.69, 9.17) is 10.9 Å². The molecule has 0 aromatic rings. The van der Waals surface area contributed by atoms with Gasteiger partial charge in [-0.05, 0) is 33.2 Å². The molecule has 3 N–H and O–H groups in total. The highest BCUT2D eigenvalue weighted by atomic mass is 32.2. The van der Waals surface area contributed by atoms with Crippen LogP contribution in [0.3, 0.4) is 0 Å². The van der Waals surface area contributed by atoms with Gasteiger partial charge in [0.15, 0.2) is 9.84 Å². The summed E-state index contributed by atoms with van der Waals surface area (Å²) in [6.07, 6.45) is 1.84. The second kappa shape index (κ2) is 6.38. The highest BCUT2D eigenvalue weighted by molar-refractivity contribution is 7.92. The van der Waals surface area contributed by atoms with Gasteiger partial charge in [-0.25, -0.2) is 8.42 Å². The van der Waals surface area contributed by atoms with Crippen molar-refractivity contribution in [2.45, 2.75) is 31.9 Å². The van der Waals surface area contributed by atoms with Crippen LogP contribution in [0, 0.1) is 5.92 Å². The molecule has 1 fully saturated rings. The summed E-state index contributed by atoms with van der Waals surface area (Å²) in [5.41, 5.74) is 5.60. The first kappa shape index (κ1) is 15.2. The number of rotatable bonds is 5. The fourth-order valence-corrected chi connectivity index (χ4v) is 3.06. The maximum atomic E-state index is 11.7.